The Morgan fingerprint density at radius 2 is 2.05 bits per heavy atom. The predicted molar refractivity (Wildman–Crippen MR) is 73.7 cm³/mol. The molecular weight excluding hydrogens is 266 g/mol. The number of benzene rings is 1. The molecule has 1 heterocycles. The van der Waals surface area contributed by atoms with Gasteiger partial charge in [-0.25, -0.2) is 0 Å². The van der Waals surface area contributed by atoms with E-state index >= 15 is 0 Å². The molecule has 1 atom stereocenters. The molecule has 1 aromatic carbocycles. The maximum Gasteiger partial charge on any atom is 0.258 e. The van der Waals surface area contributed by atoms with E-state index in [0.29, 0.717) is 28.0 Å². The van der Waals surface area contributed by atoms with E-state index in [1.165, 1.54) is 0 Å². The molecule has 1 aromatic heterocycles. The highest BCUT2D eigenvalue weighted by molar-refractivity contribution is 6.31. The SMILES string of the molecule is COC(c1noc(-c2cc(N)cc(Cl)c2)n1)C(C)C. The predicted octanol–water partition coefficient (Wildman–Crippen LogP) is 3.32. The van der Waals surface area contributed by atoms with Crippen LogP contribution in [0.1, 0.15) is 25.8 Å². The number of anilines is 1. The van der Waals surface area contributed by atoms with Gasteiger partial charge in [-0.3, -0.25) is 0 Å². The van der Waals surface area contributed by atoms with Crippen LogP contribution in [0, 0.1) is 5.92 Å². The molecule has 0 aliphatic rings. The molecule has 0 spiro atoms. The standard InChI is InChI=1S/C13H16ClN3O2/c1-7(2)11(18-3)12-16-13(19-17-12)8-4-9(14)6-10(15)5-8/h4-7,11H,15H2,1-3H3. The lowest BCUT2D eigenvalue weighted by Crippen LogP contribution is -2.10. The highest BCUT2D eigenvalue weighted by atomic mass is 35.5. The Hall–Kier alpha value is -1.59. The number of hydrogen-bond acceptors (Lipinski definition) is 5. The molecule has 0 amide bonds. The minimum absolute atomic E-state index is 0.200. The van der Waals surface area contributed by atoms with Crippen molar-refractivity contribution in [1.82, 2.24) is 10.1 Å². The van der Waals surface area contributed by atoms with Crippen LogP contribution < -0.4 is 5.73 Å². The molecule has 2 rings (SSSR count). The monoisotopic (exact) mass is 281 g/mol. The number of nitrogens with two attached hydrogens (primary N) is 1. The van der Waals surface area contributed by atoms with Crippen molar-refractivity contribution in [3.05, 3.63) is 29.0 Å². The maximum absolute atomic E-state index is 5.95. The van der Waals surface area contributed by atoms with Gasteiger partial charge in [0.1, 0.15) is 6.10 Å². The minimum Gasteiger partial charge on any atom is -0.399 e. The van der Waals surface area contributed by atoms with Gasteiger partial charge in [0, 0.05) is 23.4 Å². The van der Waals surface area contributed by atoms with Crippen molar-refractivity contribution in [1.29, 1.82) is 0 Å². The van der Waals surface area contributed by atoms with Gasteiger partial charge in [-0.05, 0) is 24.1 Å². The summed E-state index contributed by atoms with van der Waals surface area (Å²) in [5.74, 6) is 1.15. The zero-order valence-corrected chi connectivity index (χ0v) is 11.8. The van der Waals surface area contributed by atoms with Crippen LogP contribution >= 0.6 is 11.6 Å². The van der Waals surface area contributed by atoms with Crippen LogP contribution in [0.25, 0.3) is 11.5 Å². The number of nitrogen functional groups attached to an aromatic ring is 1. The van der Waals surface area contributed by atoms with Gasteiger partial charge in [-0.1, -0.05) is 30.6 Å². The Labute approximate surface area is 116 Å². The molecule has 6 heteroatoms. The number of hydrogen-bond donors (Lipinski definition) is 1. The van der Waals surface area contributed by atoms with Crippen molar-refractivity contribution in [3.8, 4) is 11.5 Å². The minimum atomic E-state index is -0.200. The molecule has 0 radical (unpaired) electrons. The maximum atomic E-state index is 5.95. The van der Waals surface area contributed by atoms with Crippen molar-refractivity contribution in [3.63, 3.8) is 0 Å². The van der Waals surface area contributed by atoms with Gasteiger partial charge in [0.05, 0.1) is 0 Å². The Bertz CT molecular complexity index is 549. The van der Waals surface area contributed by atoms with Gasteiger partial charge >= 0.3 is 0 Å². The van der Waals surface area contributed by atoms with Gasteiger partial charge in [0.15, 0.2) is 0 Å². The Kier molecular flexibility index (Phi) is 4.07. The van der Waals surface area contributed by atoms with E-state index in [4.69, 9.17) is 26.6 Å². The summed E-state index contributed by atoms with van der Waals surface area (Å²) in [4.78, 5) is 4.34. The van der Waals surface area contributed by atoms with E-state index in [2.05, 4.69) is 10.1 Å². The van der Waals surface area contributed by atoms with Crippen LogP contribution in [0.4, 0.5) is 5.69 Å². The number of methoxy groups -OCH3 is 1. The molecule has 0 bridgehead atoms. The number of aromatic nitrogens is 2. The summed E-state index contributed by atoms with van der Waals surface area (Å²) in [6, 6.07) is 5.13. The van der Waals surface area contributed by atoms with E-state index < -0.39 is 0 Å². The van der Waals surface area contributed by atoms with Gasteiger partial charge in [-0.2, -0.15) is 4.98 Å². The zero-order chi connectivity index (χ0) is 14.0. The average Bonchev–Trinajstić information content (AvgIpc) is 2.77. The smallest absolute Gasteiger partial charge is 0.258 e. The lowest BCUT2D eigenvalue weighted by atomic mass is 10.1. The fourth-order valence-corrected chi connectivity index (χ4v) is 2.12. The lowest BCUT2D eigenvalue weighted by Gasteiger charge is -2.14. The first-order valence-corrected chi connectivity index (χ1v) is 6.32. The third-order valence-corrected chi connectivity index (χ3v) is 2.94. The van der Waals surface area contributed by atoms with Gasteiger partial charge < -0.3 is 15.0 Å². The van der Waals surface area contributed by atoms with Crippen molar-refractivity contribution in [2.45, 2.75) is 20.0 Å². The van der Waals surface area contributed by atoms with Crippen molar-refractivity contribution >= 4 is 17.3 Å². The van der Waals surface area contributed by atoms with Gasteiger partial charge in [-0.15, -0.1) is 0 Å². The lowest BCUT2D eigenvalue weighted by molar-refractivity contribution is 0.0556. The van der Waals surface area contributed by atoms with E-state index in [-0.39, 0.29) is 12.0 Å². The molecule has 0 saturated heterocycles. The summed E-state index contributed by atoms with van der Waals surface area (Å²) >= 11 is 5.95. The van der Waals surface area contributed by atoms with Crippen LogP contribution in [0.5, 0.6) is 0 Å². The van der Waals surface area contributed by atoms with E-state index in [1.54, 1.807) is 25.3 Å². The van der Waals surface area contributed by atoms with Crippen LogP contribution in [0.3, 0.4) is 0 Å². The van der Waals surface area contributed by atoms with Crippen molar-refractivity contribution < 1.29 is 9.26 Å². The summed E-state index contributed by atoms with van der Waals surface area (Å²) in [7, 11) is 1.62. The van der Waals surface area contributed by atoms with Crippen molar-refractivity contribution in [2.24, 2.45) is 5.92 Å². The second kappa shape index (κ2) is 5.59. The molecule has 0 aliphatic carbocycles. The average molecular weight is 282 g/mol. The normalized spacial score (nSPS) is 12.9. The molecule has 2 N–H and O–H groups in total. The molecule has 5 nitrogen and oxygen atoms in total. The summed E-state index contributed by atoms with van der Waals surface area (Å²) in [6.07, 6.45) is -0.200. The molecule has 1 unspecified atom stereocenters. The fourth-order valence-electron chi connectivity index (χ4n) is 1.88. The largest absolute Gasteiger partial charge is 0.399 e. The Balaban J connectivity index is 2.35. The summed E-state index contributed by atoms with van der Waals surface area (Å²) < 4.78 is 10.6. The number of halogens is 1. The highest BCUT2D eigenvalue weighted by Gasteiger charge is 2.21. The molecular formula is C13H16ClN3O2. The van der Waals surface area contributed by atoms with Crippen molar-refractivity contribution in [2.75, 3.05) is 12.8 Å². The van der Waals surface area contributed by atoms with Gasteiger partial charge in [0.2, 0.25) is 5.82 Å². The van der Waals surface area contributed by atoms with E-state index in [0.717, 1.165) is 0 Å². The molecule has 0 aliphatic heterocycles. The molecule has 0 fully saturated rings. The van der Waals surface area contributed by atoms with Crippen LogP contribution in [0.15, 0.2) is 22.7 Å². The van der Waals surface area contributed by atoms with Crippen LogP contribution in [-0.2, 0) is 4.74 Å². The summed E-state index contributed by atoms with van der Waals surface area (Å²) in [5, 5.41) is 4.48. The Morgan fingerprint density at radius 3 is 2.63 bits per heavy atom. The molecule has 2 aromatic rings. The number of nitrogens with zero attached hydrogens (tertiary/aromatic N) is 2. The van der Waals surface area contributed by atoms with E-state index in [1.807, 2.05) is 13.8 Å². The van der Waals surface area contributed by atoms with Gasteiger partial charge in [0.25, 0.3) is 5.89 Å². The van der Waals surface area contributed by atoms with Crippen LogP contribution in [-0.4, -0.2) is 17.3 Å². The molecule has 0 saturated carbocycles. The van der Waals surface area contributed by atoms with E-state index in [9.17, 15) is 0 Å². The summed E-state index contributed by atoms with van der Waals surface area (Å²) in [5.41, 5.74) is 6.99. The first kappa shape index (κ1) is 13.8. The quantitative estimate of drug-likeness (QED) is 0.870. The number of rotatable bonds is 4. The zero-order valence-electron chi connectivity index (χ0n) is 11.1. The first-order chi connectivity index (χ1) is 9.01. The van der Waals surface area contributed by atoms with Crippen LogP contribution in [0.2, 0.25) is 5.02 Å². The Morgan fingerprint density at radius 1 is 1.32 bits per heavy atom. The highest BCUT2D eigenvalue weighted by Crippen LogP contribution is 2.28. The molecule has 19 heavy (non-hydrogen) atoms. The fraction of sp³-hybridized carbons (Fsp3) is 0.385. The second-order valence-corrected chi connectivity index (χ2v) is 5.07. The third-order valence-electron chi connectivity index (χ3n) is 2.72. The molecule has 102 valence electrons. The third kappa shape index (κ3) is 3.05. The second-order valence-electron chi connectivity index (χ2n) is 4.63. The summed E-state index contributed by atoms with van der Waals surface area (Å²) in [6.45, 7) is 4.06. The topological polar surface area (TPSA) is 74.2 Å². The first-order valence-electron chi connectivity index (χ1n) is 5.94. The number of ether oxygens (including phenoxy) is 1.